The summed E-state index contributed by atoms with van der Waals surface area (Å²) in [5.74, 6) is -0.261. The van der Waals surface area contributed by atoms with Gasteiger partial charge in [-0.2, -0.15) is 0 Å². The summed E-state index contributed by atoms with van der Waals surface area (Å²) in [5, 5.41) is 13.6. The number of halogens is 1. The van der Waals surface area contributed by atoms with E-state index >= 15 is 0 Å². The van der Waals surface area contributed by atoms with Crippen molar-refractivity contribution < 1.29 is 9.90 Å². The van der Waals surface area contributed by atoms with Crippen molar-refractivity contribution in [3.63, 3.8) is 0 Å². The number of rotatable bonds is 2. The summed E-state index contributed by atoms with van der Waals surface area (Å²) in [7, 11) is 0. The third-order valence-electron chi connectivity index (χ3n) is 4.82. The number of fused-ring (bicyclic) bond motifs is 3. The molecule has 0 fully saturated rings. The standard InChI is InChI=1S/C19H16ClNO2/c20-13-4-1-3-11(9-13)18-15-6-2-5-14(15)16-10-12(19(22)23)7-8-17(16)21-18/h1-5,7-10,14-15,18,21H,6H2,(H,22,23)/t14-,15+,18-/m1/s1. The second-order valence-electron chi connectivity index (χ2n) is 6.14. The molecule has 0 saturated carbocycles. The number of carbonyl (C=O) groups is 1. The summed E-state index contributed by atoms with van der Waals surface area (Å²) in [6, 6.07) is 13.5. The molecule has 0 bridgehead atoms. The van der Waals surface area contributed by atoms with Gasteiger partial charge in [0.15, 0.2) is 0 Å². The van der Waals surface area contributed by atoms with E-state index in [-0.39, 0.29) is 12.0 Å². The van der Waals surface area contributed by atoms with Crippen LogP contribution in [0.5, 0.6) is 0 Å². The molecule has 0 unspecified atom stereocenters. The molecule has 2 aromatic carbocycles. The fourth-order valence-electron chi connectivity index (χ4n) is 3.76. The topological polar surface area (TPSA) is 49.3 Å². The van der Waals surface area contributed by atoms with Crippen LogP contribution in [-0.2, 0) is 0 Å². The number of allylic oxidation sites excluding steroid dienone is 2. The summed E-state index contributed by atoms with van der Waals surface area (Å²) in [6.07, 6.45) is 5.37. The summed E-state index contributed by atoms with van der Waals surface area (Å²) in [6.45, 7) is 0. The molecule has 116 valence electrons. The lowest BCUT2D eigenvalue weighted by atomic mass is 9.76. The molecule has 0 aromatic heterocycles. The molecule has 0 spiro atoms. The first kappa shape index (κ1) is 14.3. The van der Waals surface area contributed by atoms with Crippen molar-refractivity contribution in [2.45, 2.75) is 18.4 Å². The van der Waals surface area contributed by atoms with E-state index in [1.54, 1.807) is 12.1 Å². The molecule has 2 aromatic rings. The lowest BCUT2D eigenvalue weighted by Gasteiger charge is -2.37. The zero-order valence-corrected chi connectivity index (χ0v) is 13.1. The lowest BCUT2D eigenvalue weighted by molar-refractivity contribution is 0.0696. The molecule has 0 saturated heterocycles. The van der Waals surface area contributed by atoms with Gasteiger partial charge in [-0.15, -0.1) is 0 Å². The van der Waals surface area contributed by atoms with Gasteiger partial charge in [-0.1, -0.05) is 35.9 Å². The Bertz CT molecular complexity index is 815. The largest absolute Gasteiger partial charge is 0.478 e. The Kier molecular flexibility index (Phi) is 3.38. The normalized spacial score (nSPS) is 24.7. The van der Waals surface area contributed by atoms with E-state index in [0.717, 1.165) is 22.7 Å². The van der Waals surface area contributed by atoms with E-state index in [0.29, 0.717) is 11.5 Å². The van der Waals surface area contributed by atoms with Crippen LogP contribution >= 0.6 is 11.6 Å². The number of aromatic carboxylic acids is 1. The molecule has 0 amide bonds. The molecular weight excluding hydrogens is 310 g/mol. The monoisotopic (exact) mass is 325 g/mol. The van der Waals surface area contributed by atoms with Gasteiger partial charge in [-0.05, 0) is 53.8 Å². The van der Waals surface area contributed by atoms with E-state index in [1.165, 1.54) is 5.56 Å². The summed E-state index contributed by atoms with van der Waals surface area (Å²) < 4.78 is 0. The average Bonchev–Trinajstić information content (AvgIpc) is 3.03. The van der Waals surface area contributed by atoms with Crippen LogP contribution < -0.4 is 5.32 Å². The van der Waals surface area contributed by atoms with E-state index in [2.05, 4.69) is 23.5 Å². The molecule has 2 aliphatic rings. The maximum atomic E-state index is 11.2. The van der Waals surface area contributed by atoms with Gasteiger partial charge >= 0.3 is 5.97 Å². The Morgan fingerprint density at radius 3 is 2.87 bits per heavy atom. The highest BCUT2D eigenvalue weighted by atomic mass is 35.5. The maximum Gasteiger partial charge on any atom is 0.335 e. The number of hydrogen-bond acceptors (Lipinski definition) is 2. The van der Waals surface area contributed by atoms with Crippen molar-refractivity contribution in [1.82, 2.24) is 0 Å². The van der Waals surface area contributed by atoms with Gasteiger partial charge < -0.3 is 10.4 Å². The molecule has 1 heterocycles. The van der Waals surface area contributed by atoms with Crippen LogP contribution in [0.25, 0.3) is 0 Å². The number of hydrogen-bond donors (Lipinski definition) is 2. The minimum Gasteiger partial charge on any atom is -0.478 e. The smallest absolute Gasteiger partial charge is 0.335 e. The average molecular weight is 326 g/mol. The van der Waals surface area contributed by atoms with Crippen molar-refractivity contribution in [1.29, 1.82) is 0 Å². The third-order valence-corrected chi connectivity index (χ3v) is 5.05. The van der Waals surface area contributed by atoms with Crippen LogP contribution in [0, 0.1) is 5.92 Å². The molecule has 1 aliphatic heterocycles. The zero-order chi connectivity index (χ0) is 16.0. The first-order valence-corrected chi connectivity index (χ1v) is 8.07. The fraction of sp³-hybridized carbons (Fsp3) is 0.211. The highest BCUT2D eigenvalue weighted by Crippen LogP contribution is 2.50. The zero-order valence-electron chi connectivity index (χ0n) is 12.4. The van der Waals surface area contributed by atoms with E-state index < -0.39 is 5.97 Å². The highest BCUT2D eigenvalue weighted by Gasteiger charge is 2.38. The lowest BCUT2D eigenvalue weighted by Crippen LogP contribution is -2.29. The first-order valence-electron chi connectivity index (χ1n) is 7.69. The van der Waals surface area contributed by atoms with Gasteiger partial charge in [0.2, 0.25) is 0 Å². The van der Waals surface area contributed by atoms with Gasteiger partial charge in [-0.25, -0.2) is 4.79 Å². The predicted octanol–water partition coefficient (Wildman–Crippen LogP) is 4.86. The maximum absolute atomic E-state index is 11.2. The molecule has 3 nitrogen and oxygen atoms in total. The minimum atomic E-state index is -0.886. The Labute approximate surface area is 139 Å². The Hall–Kier alpha value is -2.26. The van der Waals surface area contributed by atoms with Crippen LogP contribution in [0.3, 0.4) is 0 Å². The van der Waals surface area contributed by atoms with Gasteiger partial charge in [0.05, 0.1) is 11.6 Å². The summed E-state index contributed by atoms with van der Waals surface area (Å²) in [5.41, 5.74) is 3.59. The fourth-order valence-corrected chi connectivity index (χ4v) is 3.96. The van der Waals surface area contributed by atoms with Crippen molar-refractivity contribution >= 4 is 23.3 Å². The van der Waals surface area contributed by atoms with Crippen LogP contribution in [-0.4, -0.2) is 11.1 Å². The first-order chi connectivity index (χ1) is 11.1. The van der Waals surface area contributed by atoms with Crippen LogP contribution in [0.1, 0.15) is 39.9 Å². The molecule has 23 heavy (non-hydrogen) atoms. The molecule has 4 rings (SSSR count). The molecule has 2 N–H and O–H groups in total. The molecule has 0 radical (unpaired) electrons. The van der Waals surface area contributed by atoms with Gasteiger partial charge in [0.25, 0.3) is 0 Å². The molecular formula is C19H16ClNO2. The summed E-state index contributed by atoms with van der Waals surface area (Å²) in [4.78, 5) is 11.2. The SMILES string of the molecule is O=C(O)c1ccc2c(c1)[C@@H]1C=CC[C@@H]1[C@@H](c1cccc(Cl)c1)N2. The quantitative estimate of drug-likeness (QED) is 0.775. The third kappa shape index (κ3) is 2.41. The van der Waals surface area contributed by atoms with E-state index in [9.17, 15) is 9.90 Å². The van der Waals surface area contributed by atoms with Crippen molar-refractivity contribution in [3.8, 4) is 0 Å². The minimum absolute atomic E-state index is 0.178. The number of carboxylic acids is 1. The Morgan fingerprint density at radius 2 is 2.09 bits per heavy atom. The number of carboxylic acid groups (broad SMARTS) is 1. The Balaban J connectivity index is 1.79. The second-order valence-corrected chi connectivity index (χ2v) is 6.57. The predicted molar refractivity (Wildman–Crippen MR) is 91.2 cm³/mol. The van der Waals surface area contributed by atoms with Crippen LogP contribution in [0.4, 0.5) is 5.69 Å². The molecule has 1 aliphatic carbocycles. The number of anilines is 1. The highest BCUT2D eigenvalue weighted by molar-refractivity contribution is 6.30. The van der Waals surface area contributed by atoms with Gasteiger partial charge in [0, 0.05) is 16.6 Å². The van der Waals surface area contributed by atoms with E-state index in [1.807, 2.05) is 24.3 Å². The van der Waals surface area contributed by atoms with Gasteiger partial charge in [0.1, 0.15) is 0 Å². The van der Waals surface area contributed by atoms with Crippen molar-refractivity contribution in [3.05, 3.63) is 76.3 Å². The number of benzene rings is 2. The summed E-state index contributed by atoms with van der Waals surface area (Å²) >= 11 is 6.15. The molecule has 4 heteroatoms. The van der Waals surface area contributed by atoms with Crippen molar-refractivity contribution in [2.24, 2.45) is 5.92 Å². The van der Waals surface area contributed by atoms with Crippen molar-refractivity contribution in [2.75, 3.05) is 5.32 Å². The van der Waals surface area contributed by atoms with Crippen LogP contribution in [0.2, 0.25) is 5.02 Å². The molecule has 3 atom stereocenters. The Morgan fingerprint density at radius 1 is 1.22 bits per heavy atom. The van der Waals surface area contributed by atoms with E-state index in [4.69, 9.17) is 11.6 Å². The van der Waals surface area contributed by atoms with Crippen LogP contribution in [0.15, 0.2) is 54.6 Å². The second kappa shape index (κ2) is 5.43. The number of nitrogens with one attached hydrogen (secondary N) is 1. The van der Waals surface area contributed by atoms with Gasteiger partial charge in [-0.3, -0.25) is 0 Å².